The van der Waals surface area contributed by atoms with Gasteiger partial charge in [-0.2, -0.15) is 0 Å². The highest BCUT2D eigenvalue weighted by Gasteiger charge is 2.22. The molecule has 0 fully saturated rings. The van der Waals surface area contributed by atoms with Crippen molar-refractivity contribution in [3.63, 3.8) is 0 Å². The third kappa shape index (κ3) is 39.3. The maximum absolute atomic E-state index is 12.4. The minimum atomic E-state index is -4.75. The zero-order valence-electron chi connectivity index (χ0n) is 32.3. The van der Waals surface area contributed by atoms with Crippen molar-refractivity contribution in [2.24, 2.45) is 0 Å². The molecular formula is C41H77O8P. The van der Waals surface area contributed by atoms with Gasteiger partial charge in [-0.3, -0.25) is 14.1 Å². The summed E-state index contributed by atoms with van der Waals surface area (Å²) in [7, 11) is -4.75. The first-order valence-electron chi connectivity index (χ1n) is 20.6. The van der Waals surface area contributed by atoms with Crippen molar-refractivity contribution in [3.8, 4) is 0 Å². The third-order valence-corrected chi connectivity index (χ3v) is 9.43. The number of hydrogen-bond acceptors (Lipinski definition) is 6. The molecule has 0 aromatic rings. The van der Waals surface area contributed by atoms with Gasteiger partial charge in [0.05, 0.1) is 6.61 Å². The van der Waals surface area contributed by atoms with Crippen LogP contribution in [-0.2, 0) is 28.2 Å². The molecule has 50 heavy (non-hydrogen) atoms. The first-order chi connectivity index (χ1) is 24.3. The predicted octanol–water partition coefficient (Wildman–Crippen LogP) is 12.4. The second-order valence-electron chi connectivity index (χ2n) is 14.0. The SMILES string of the molecule is CCCCCC/C=C\CCCCCCCC(=O)O[C@H](COC(=O)CCCCCCCCCCC/C=C\CCCCCCCC)COP(=O)(O)O. The smallest absolute Gasteiger partial charge is 0.462 e. The van der Waals surface area contributed by atoms with Crippen LogP contribution in [0.3, 0.4) is 0 Å². The van der Waals surface area contributed by atoms with Crippen LogP contribution < -0.4 is 0 Å². The van der Waals surface area contributed by atoms with Crippen molar-refractivity contribution in [1.82, 2.24) is 0 Å². The third-order valence-electron chi connectivity index (χ3n) is 8.94. The van der Waals surface area contributed by atoms with Gasteiger partial charge in [0.15, 0.2) is 6.10 Å². The molecule has 0 aliphatic carbocycles. The Hall–Kier alpha value is -1.47. The molecule has 0 aliphatic heterocycles. The van der Waals surface area contributed by atoms with Crippen LogP contribution in [0.5, 0.6) is 0 Å². The zero-order chi connectivity index (χ0) is 36.8. The van der Waals surface area contributed by atoms with Crippen LogP contribution in [0.1, 0.15) is 206 Å². The number of ether oxygens (including phenoxy) is 2. The highest BCUT2D eigenvalue weighted by Crippen LogP contribution is 2.36. The van der Waals surface area contributed by atoms with Gasteiger partial charge < -0.3 is 19.3 Å². The number of carbonyl (C=O) groups excluding carboxylic acids is 2. The summed E-state index contributed by atoms with van der Waals surface area (Å²) in [6, 6.07) is 0. The molecule has 0 aliphatic rings. The molecule has 0 heterocycles. The highest BCUT2D eigenvalue weighted by molar-refractivity contribution is 7.46. The molecule has 0 spiro atoms. The average molecular weight is 729 g/mol. The van der Waals surface area contributed by atoms with E-state index in [9.17, 15) is 14.2 Å². The molecule has 0 bridgehead atoms. The highest BCUT2D eigenvalue weighted by atomic mass is 31.2. The maximum Gasteiger partial charge on any atom is 0.469 e. The summed E-state index contributed by atoms with van der Waals surface area (Å²) < 4.78 is 26.3. The van der Waals surface area contributed by atoms with Gasteiger partial charge in [-0.15, -0.1) is 0 Å². The average Bonchev–Trinajstić information content (AvgIpc) is 3.08. The number of carbonyl (C=O) groups is 2. The summed E-state index contributed by atoms with van der Waals surface area (Å²) in [6.07, 6.45) is 41.8. The standard InChI is InChI=1S/C41H77O8P/c1-3-5-7-9-11-13-15-17-18-19-20-21-22-24-25-27-29-31-33-35-40(42)47-37-39(38-48-50(44,45)46)49-41(43)36-34-32-30-28-26-23-16-14-12-10-8-6-4-2/h14,16-18,39H,3-13,15,19-38H2,1-2H3,(H2,44,45,46)/b16-14-,18-17-/t39-/m1/s1. The minimum Gasteiger partial charge on any atom is -0.462 e. The van der Waals surface area contributed by atoms with Crippen LogP contribution in [0.25, 0.3) is 0 Å². The van der Waals surface area contributed by atoms with E-state index in [0.29, 0.717) is 6.42 Å². The van der Waals surface area contributed by atoms with E-state index in [2.05, 4.69) is 42.7 Å². The van der Waals surface area contributed by atoms with Crippen LogP contribution in [-0.4, -0.2) is 41.0 Å². The van der Waals surface area contributed by atoms with E-state index in [-0.39, 0.29) is 19.4 Å². The van der Waals surface area contributed by atoms with E-state index in [1.54, 1.807) is 0 Å². The molecule has 2 N–H and O–H groups in total. The number of unbranched alkanes of at least 4 members (excludes halogenated alkanes) is 24. The van der Waals surface area contributed by atoms with E-state index < -0.39 is 32.5 Å². The van der Waals surface area contributed by atoms with Crippen LogP contribution in [0.15, 0.2) is 24.3 Å². The molecule has 9 heteroatoms. The van der Waals surface area contributed by atoms with Crippen LogP contribution in [0.2, 0.25) is 0 Å². The molecule has 0 saturated heterocycles. The summed E-state index contributed by atoms with van der Waals surface area (Å²) in [5.41, 5.74) is 0. The summed E-state index contributed by atoms with van der Waals surface area (Å²) in [5, 5.41) is 0. The van der Waals surface area contributed by atoms with E-state index >= 15 is 0 Å². The summed E-state index contributed by atoms with van der Waals surface area (Å²) >= 11 is 0. The van der Waals surface area contributed by atoms with Gasteiger partial charge >= 0.3 is 19.8 Å². The van der Waals surface area contributed by atoms with Crippen molar-refractivity contribution in [2.45, 2.75) is 213 Å². The number of hydrogen-bond donors (Lipinski definition) is 2. The fourth-order valence-corrected chi connectivity index (χ4v) is 6.19. The summed E-state index contributed by atoms with van der Waals surface area (Å²) in [6.45, 7) is 3.66. The van der Waals surface area contributed by atoms with E-state index in [1.165, 1.54) is 122 Å². The van der Waals surface area contributed by atoms with Crippen LogP contribution in [0.4, 0.5) is 0 Å². The van der Waals surface area contributed by atoms with Gasteiger partial charge in [-0.05, 0) is 64.2 Å². The molecule has 0 unspecified atom stereocenters. The van der Waals surface area contributed by atoms with Gasteiger partial charge in [0.25, 0.3) is 0 Å². The van der Waals surface area contributed by atoms with E-state index in [4.69, 9.17) is 19.3 Å². The Morgan fingerprint density at radius 1 is 0.500 bits per heavy atom. The molecule has 0 amide bonds. The quantitative estimate of drug-likeness (QED) is 0.0279. The van der Waals surface area contributed by atoms with Crippen molar-refractivity contribution < 1.29 is 37.9 Å². The molecule has 1 atom stereocenters. The Kier molecular flexibility index (Phi) is 36.2. The topological polar surface area (TPSA) is 119 Å². The number of rotatable bonds is 38. The van der Waals surface area contributed by atoms with E-state index in [1.807, 2.05) is 0 Å². The number of allylic oxidation sites excluding steroid dienone is 4. The van der Waals surface area contributed by atoms with E-state index in [0.717, 1.165) is 51.4 Å². The lowest BCUT2D eigenvalue weighted by Crippen LogP contribution is -2.29. The second-order valence-corrected chi connectivity index (χ2v) is 15.2. The fraction of sp³-hybridized carbons (Fsp3) is 0.854. The zero-order valence-corrected chi connectivity index (χ0v) is 33.2. The van der Waals surface area contributed by atoms with Gasteiger partial charge in [-0.1, -0.05) is 154 Å². The van der Waals surface area contributed by atoms with Crippen molar-refractivity contribution >= 4 is 19.8 Å². The largest absolute Gasteiger partial charge is 0.469 e. The Bertz CT molecular complexity index is 869. The molecule has 0 aromatic heterocycles. The molecule has 8 nitrogen and oxygen atoms in total. The molecule has 0 aromatic carbocycles. The van der Waals surface area contributed by atoms with Crippen molar-refractivity contribution in [2.75, 3.05) is 13.2 Å². The lowest BCUT2D eigenvalue weighted by molar-refractivity contribution is -0.161. The second kappa shape index (κ2) is 37.3. The van der Waals surface area contributed by atoms with Gasteiger partial charge in [0.1, 0.15) is 6.61 Å². The minimum absolute atomic E-state index is 0.203. The monoisotopic (exact) mass is 729 g/mol. The Morgan fingerprint density at radius 2 is 0.840 bits per heavy atom. The van der Waals surface area contributed by atoms with Gasteiger partial charge in [0, 0.05) is 12.8 Å². The molecular weight excluding hydrogens is 651 g/mol. The van der Waals surface area contributed by atoms with Crippen molar-refractivity contribution in [1.29, 1.82) is 0 Å². The predicted molar refractivity (Wildman–Crippen MR) is 207 cm³/mol. The molecule has 294 valence electrons. The fourth-order valence-electron chi connectivity index (χ4n) is 5.83. The molecule has 0 saturated carbocycles. The van der Waals surface area contributed by atoms with Crippen LogP contribution in [0, 0.1) is 0 Å². The Labute approximate surface area is 307 Å². The Balaban J connectivity index is 3.89. The molecule has 0 radical (unpaired) electrons. The number of phosphoric ester groups is 1. The van der Waals surface area contributed by atoms with Crippen molar-refractivity contribution in [3.05, 3.63) is 24.3 Å². The molecule has 0 rings (SSSR count). The lowest BCUT2D eigenvalue weighted by Gasteiger charge is -2.18. The maximum atomic E-state index is 12.4. The first kappa shape index (κ1) is 48.5. The normalized spacial score (nSPS) is 12.6. The van der Waals surface area contributed by atoms with Crippen LogP contribution >= 0.6 is 7.82 Å². The first-order valence-corrected chi connectivity index (χ1v) is 22.2. The van der Waals surface area contributed by atoms with Gasteiger partial charge in [0.2, 0.25) is 0 Å². The van der Waals surface area contributed by atoms with Gasteiger partial charge in [-0.25, -0.2) is 4.57 Å². The summed E-state index contributed by atoms with van der Waals surface area (Å²) in [4.78, 5) is 42.8. The number of esters is 2. The summed E-state index contributed by atoms with van der Waals surface area (Å²) in [5.74, 6) is -0.892. The number of phosphoric acid groups is 1. The lowest BCUT2D eigenvalue weighted by atomic mass is 10.1. The Morgan fingerprint density at radius 3 is 1.24 bits per heavy atom.